The average molecular weight is 562 g/mol. The zero-order valence-corrected chi connectivity index (χ0v) is 22.8. The first kappa shape index (κ1) is 29.3. The predicted octanol–water partition coefficient (Wildman–Crippen LogP) is 1.90. The Labute approximate surface area is 220 Å². The van der Waals surface area contributed by atoms with Crippen LogP contribution in [0.25, 0.3) is 0 Å². The molecule has 3 rings (SSSR count). The quantitative estimate of drug-likeness (QED) is 0.164. The average Bonchev–Trinajstić information content (AvgIpc) is 2.98. The molecular formula is C23H33FN3O8PS. The molecular weight excluding hydrogens is 528 g/mol. The first-order valence-electron chi connectivity index (χ1n) is 11.5. The topological polar surface area (TPSA) is 139 Å². The van der Waals surface area contributed by atoms with Gasteiger partial charge in [-0.3, -0.25) is 0 Å². The molecule has 1 saturated heterocycles. The van der Waals surface area contributed by atoms with Crippen LogP contribution in [0, 0.1) is 0 Å². The van der Waals surface area contributed by atoms with E-state index in [0.29, 0.717) is 5.75 Å². The Morgan fingerprint density at radius 1 is 1.38 bits per heavy atom. The van der Waals surface area contributed by atoms with E-state index in [1.165, 1.54) is 24.9 Å². The molecule has 1 unspecified atom stereocenters. The standard InChI is InChI=1S/C23H33FN3O8PS/c1-14(2)33-19(29)15(3)26-36(37,35-17-9-7-6-8-10-17)32-13-23(24)20(30)22(5,31)21(34-23)27-12-11-18(28)25-16(27)4/h6-12,14-15,20-21,26,30-31,36-37H,4,13H2,1-3,5H3,(H,25,28)/t15?,20-,21+,22+,23+/m0/s1. The molecule has 1 aromatic carbocycles. The van der Waals surface area contributed by atoms with E-state index in [-0.39, 0.29) is 11.9 Å². The van der Waals surface area contributed by atoms with Crippen LogP contribution in [-0.2, 0) is 23.6 Å². The predicted molar refractivity (Wildman–Crippen MR) is 138 cm³/mol. The van der Waals surface area contributed by atoms with E-state index in [9.17, 15) is 19.8 Å². The van der Waals surface area contributed by atoms with Crippen molar-refractivity contribution in [3.63, 3.8) is 0 Å². The van der Waals surface area contributed by atoms with Crippen LogP contribution >= 0.6 is 19.3 Å². The second kappa shape index (κ2) is 11.2. The Morgan fingerprint density at radius 3 is 2.62 bits per heavy atom. The molecule has 206 valence electrons. The van der Waals surface area contributed by atoms with Crippen LogP contribution in [0.5, 0.6) is 5.75 Å². The first-order valence-corrected chi connectivity index (χ1v) is 14.6. The van der Waals surface area contributed by atoms with Gasteiger partial charge in [0, 0.05) is 0 Å². The molecule has 14 heteroatoms. The number of nitrogens with zero attached hydrogens (tertiary/aromatic N) is 1. The molecule has 2 heterocycles. The molecule has 1 fully saturated rings. The number of carbonyl (C=O) groups excluding carboxylic acids is 2. The van der Waals surface area contributed by atoms with Crippen LogP contribution < -0.4 is 14.9 Å². The molecule has 2 aliphatic heterocycles. The number of hydrogen-bond acceptors (Lipinski definition) is 11. The monoisotopic (exact) mass is 561 g/mol. The number of nitrogens with one attached hydrogen (secondary N) is 2. The Hall–Kier alpha value is -2.25. The van der Waals surface area contributed by atoms with E-state index in [4.69, 9.17) is 18.5 Å². The van der Waals surface area contributed by atoms with Crippen LogP contribution in [0.1, 0.15) is 27.7 Å². The molecule has 4 N–H and O–H groups in total. The molecule has 0 radical (unpaired) electrons. The van der Waals surface area contributed by atoms with Gasteiger partial charge >= 0.3 is 220 Å². The number of para-hydroxylation sites is 1. The summed E-state index contributed by atoms with van der Waals surface area (Å²) in [5.74, 6) is -3.66. The minimum absolute atomic E-state index is 0.0135. The van der Waals surface area contributed by atoms with Gasteiger partial charge in [-0.15, -0.1) is 0 Å². The van der Waals surface area contributed by atoms with Crippen molar-refractivity contribution < 1.29 is 42.7 Å². The number of carbonyl (C=O) groups is 2. The van der Waals surface area contributed by atoms with Crippen LogP contribution in [0.4, 0.5) is 4.39 Å². The summed E-state index contributed by atoms with van der Waals surface area (Å²) in [7, 11) is -3.91. The van der Waals surface area contributed by atoms with Crippen LogP contribution in [0.3, 0.4) is 0 Å². The summed E-state index contributed by atoms with van der Waals surface area (Å²) in [4.78, 5) is 25.1. The summed E-state index contributed by atoms with van der Waals surface area (Å²) in [6.45, 7) is 8.81. The maximum absolute atomic E-state index is 16.0. The number of rotatable bonds is 10. The third-order valence-corrected chi connectivity index (χ3v) is 8.45. The number of benzene rings is 1. The zero-order valence-electron chi connectivity index (χ0n) is 20.9. The summed E-state index contributed by atoms with van der Waals surface area (Å²) in [5.41, 5.74) is -2.16. The number of aliphatic hydroxyl groups excluding tert-OH is 1. The zero-order chi connectivity index (χ0) is 27.6. The van der Waals surface area contributed by atoms with Gasteiger partial charge in [0.2, 0.25) is 0 Å². The van der Waals surface area contributed by atoms with Gasteiger partial charge in [0.15, 0.2) is 0 Å². The fourth-order valence-corrected chi connectivity index (χ4v) is 6.52. The van der Waals surface area contributed by atoms with Crippen LogP contribution in [0.15, 0.2) is 55.0 Å². The van der Waals surface area contributed by atoms with Crippen molar-refractivity contribution in [3.05, 3.63) is 55.0 Å². The molecule has 0 saturated carbocycles. The number of ether oxygens (including phenoxy) is 2. The molecule has 0 spiro atoms. The molecule has 1 amide bonds. The van der Waals surface area contributed by atoms with E-state index >= 15 is 4.39 Å². The Kier molecular flexibility index (Phi) is 8.90. The second-order valence-corrected chi connectivity index (χ2v) is 12.9. The second-order valence-electron chi connectivity index (χ2n) is 9.18. The molecule has 2 aliphatic rings. The number of aliphatic hydroxyl groups is 2. The maximum atomic E-state index is 16.0. The van der Waals surface area contributed by atoms with Gasteiger partial charge < -0.3 is 0 Å². The third kappa shape index (κ3) is 6.80. The van der Waals surface area contributed by atoms with Gasteiger partial charge in [-0.05, 0) is 0 Å². The van der Waals surface area contributed by atoms with Gasteiger partial charge in [-0.2, -0.15) is 0 Å². The van der Waals surface area contributed by atoms with Crippen LogP contribution in [0.2, 0.25) is 0 Å². The number of alkyl halides is 1. The number of esters is 1. The molecule has 1 aromatic rings. The summed E-state index contributed by atoms with van der Waals surface area (Å²) < 4.78 is 38.4. The van der Waals surface area contributed by atoms with Crippen LogP contribution in [-0.4, -0.2) is 69.5 Å². The van der Waals surface area contributed by atoms with Crippen molar-refractivity contribution in [2.45, 2.75) is 63.6 Å². The SMILES string of the molecule is C=C1NC(=O)C=CN1[C@@H]1O[C@](F)(CO[PH](S)(NC(C)C(=O)OC(C)C)Oc2ccccc2)[C@@H](O)[C@@]1(C)O. The minimum atomic E-state index is -3.91. The van der Waals surface area contributed by atoms with Crippen molar-refractivity contribution in [1.29, 1.82) is 0 Å². The van der Waals surface area contributed by atoms with Crippen molar-refractivity contribution in [3.8, 4) is 5.75 Å². The number of amides is 1. The summed E-state index contributed by atoms with van der Waals surface area (Å²) in [6.07, 6.45) is -1.55. The first-order chi connectivity index (χ1) is 17.2. The van der Waals surface area contributed by atoms with Crippen molar-refractivity contribution in [2.24, 2.45) is 0 Å². The fourth-order valence-electron chi connectivity index (χ4n) is 3.71. The number of thiol groups is 1. The molecule has 11 nitrogen and oxygen atoms in total. The molecule has 0 bridgehead atoms. The van der Waals surface area contributed by atoms with E-state index in [1.54, 1.807) is 44.2 Å². The Balaban J connectivity index is 1.81. The summed E-state index contributed by atoms with van der Waals surface area (Å²) in [6, 6.07) is 7.47. The van der Waals surface area contributed by atoms with Crippen molar-refractivity contribution in [2.75, 3.05) is 6.61 Å². The van der Waals surface area contributed by atoms with Gasteiger partial charge in [-0.25, -0.2) is 0 Å². The van der Waals surface area contributed by atoms with E-state index in [0.717, 1.165) is 6.08 Å². The Bertz CT molecular complexity index is 1050. The molecule has 0 aromatic heterocycles. The van der Waals surface area contributed by atoms with E-state index in [2.05, 4.69) is 29.2 Å². The fraction of sp³-hybridized carbons (Fsp3) is 0.478. The number of hydrogen-bond donors (Lipinski definition) is 5. The summed E-state index contributed by atoms with van der Waals surface area (Å²) in [5, 5.41) is 26.9. The van der Waals surface area contributed by atoms with E-state index < -0.39 is 55.4 Å². The summed E-state index contributed by atoms with van der Waals surface area (Å²) >= 11 is 4.51. The van der Waals surface area contributed by atoms with Crippen molar-refractivity contribution in [1.82, 2.24) is 15.3 Å². The normalized spacial score (nSPS) is 29.3. The van der Waals surface area contributed by atoms with Gasteiger partial charge in [0.1, 0.15) is 0 Å². The molecule has 0 aliphatic carbocycles. The van der Waals surface area contributed by atoms with Gasteiger partial charge in [0.05, 0.1) is 0 Å². The molecule has 5 atom stereocenters. The Morgan fingerprint density at radius 2 is 2.03 bits per heavy atom. The molecule has 37 heavy (non-hydrogen) atoms. The third-order valence-electron chi connectivity index (χ3n) is 5.56. The van der Waals surface area contributed by atoms with Gasteiger partial charge in [-0.1, -0.05) is 0 Å². The van der Waals surface area contributed by atoms with Crippen molar-refractivity contribution >= 4 is 31.2 Å². The van der Waals surface area contributed by atoms with Gasteiger partial charge in [0.25, 0.3) is 0 Å². The van der Waals surface area contributed by atoms with E-state index in [1.807, 2.05) is 0 Å². The number of halogens is 1.